The minimum absolute atomic E-state index is 0.0963. The van der Waals surface area contributed by atoms with Gasteiger partial charge in [-0.05, 0) is 26.0 Å². The quantitative estimate of drug-likeness (QED) is 0.693. The number of benzene rings is 1. The van der Waals surface area contributed by atoms with Crippen LogP contribution in [0.2, 0.25) is 0 Å². The van der Waals surface area contributed by atoms with E-state index in [4.69, 9.17) is 16.1 Å². The minimum atomic E-state index is -0.928. The molecule has 0 atom stereocenters. The number of alkyl halides is 1. The molecule has 2 heterocycles. The molecule has 0 radical (unpaired) electrons. The van der Waals surface area contributed by atoms with Gasteiger partial charge < -0.3 is 9.09 Å². The van der Waals surface area contributed by atoms with E-state index in [1.807, 2.05) is 0 Å². The Morgan fingerprint density at radius 1 is 1.29 bits per heavy atom. The van der Waals surface area contributed by atoms with Gasteiger partial charge in [0.2, 0.25) is 0 Å². The molecule has 2 aromatic heterocycles. The van der Waals surface area contributed by atoms with E-state index in [0.29, 0.717) is 22.8 Å². The van der Waals surface area contributed by atoms with Gasteiger partial charge in [0.05, 0.1) is 23.6 Å². The molecular formula is C14H12ClF2N3O. The molecule has 0 saturated carbocycles. The highest BCUT2D eigenvalue weighted by Gasteiger charge is 2.19. The van der Waals surface area contributed by atoms with Crippen LogP contribution >= 0.6 is 11.6 Å². The van der Waals surface area contributed by atoms with E-state index < -0.39 is 11.6 Å². The van der Waals surface area contributed by atoms with Crippen LogP contribution in [-0.2, 0) is 12.4 Å². The molecule has 0 aliphatic heterocycles. The SMILES string of the molecule is Cc1noc(C)c1Cn1c(CCl)nc2ccc(F)c(F)c21. The average molecular weight is 312 g/mol. The molecule has 1 aromatic carbocycles. The maximum atomic E-state index is 14.1. The summed E-state index contributed by atoms with van der Waals surface area (Å²) in [6.07, 6.45) is 0. The highest BCUT2D eigenvalue weighted by atomic mass is 35.5. The predicted octanol–water partition coefficient (Wildman–Crippen LogP) is 3.71. The molecule has 0 fully saturated rings. The molecule has 0 N–H and O–H groups in total. The Labute approximate surface area is 124 Å². The smallest absolute Gasteiger partial charge is 0.184 e. The molecule has 110 valence electrons. The second kappa shape index (κ2) is 5.11. The normalized spacial score (nSPS) is 11.5. The first-order chi connectivity index (χ1) is 10.0. The van der Waals surface area contributed by atoms with Crippen LogP contribution in [-0.4, -0.2) is 14.7 Å². The highest BCUT2D eigenvalue weighted by molar-refractivity contribution is 6.16. The molecule has 0 unspecified atom stereocenters. The third kappa shape index (κ3) is 2.19. The average Bonchev–Trinajstić information content (AvgIpc) is 2.98. The van der Waals surface area contributed by atoms with Crippen LogP contribution in [0.25, 0.3) is 11.0 Å². The Morgan fingerprint density at radius 3 is 2.67 bits per heavy atom. The number of hydrogen-bond donors (Lipinski definition) is 0. The summed E-state index contributed by atoms with van der Waals surface area (Å²) < 4.78 is 34.3. The summed E-state index contributed by atoms with van der Waals surface area (Å²) in [5.74, 6) is -0.645. The van der Waals surface area contributed by atoms with E-state index in [0.717, 1.165) is 11.6 Å². The van der Waals surface area contributed by atoms with Crippen molar-refractivity contribution in [2.75, 3.05) is 0 Å². The lowest BCUT2D eigenvalue weighted by Crippen LogP contribution is -2.06. The summed E-state index contributed by atoms with van der Waals surface area (Å²) in [6, 6.07) is 2.50. The van der Waals surface area contributed by atoms with Crippen LogP contribution in [0.4, 0.5) is 8.78 Å². The predicted molar refractivity (Wildman–Crippen MR) is 74.3 cm³/mol. The lowest BCUT2D eigenvalue weighted by molar-refractivity contribution is 0.392. The first-order valence-electron chi connectivity index (χ1n) is 6.33. The van der Waals surface area contributed by atoms with Gasteiger partial charge in [0.15, 0.2) is 11.6 Å². The molecule has 0 bridgehead atoms. The minimum Gasteiger partial charge on any atom is -0.361 e. The van der Waals surface area contributed by atoms with Crippen molar-refractivity contribution in [3.05, 3.63) is 46.6 Å². The number of imidazole rings is 1. The lowest BCUT2D eigenvalue weighted by atomic mass is 10.2. The van der Waals surface area contributed by atoms with Gasteiger partial charge in [-0.1, -0.05) is 5.16 Å². The van der Waals surface area contributed by atoms with Crippen molar-refractivity contribution in [2.45, 2.75) is 26.3 Å². The van der Waals surface area contributed by atoms with Gasteiger partial charge in [0, 0.05) is 5.56 Å². The summed E-state index contributed by atoms with van der Waals surface area (Å²) in [7, 11) is 0. The molecule has 3 aromatic rings. The molecule has 0 spiro atoms. The van der Waals surface area contributed by atoms with Gasteiger partial charge in [-0.3, -0.25) is 0 Å². The van der Waals surface area contributed by atoms with Crippen LogP contribution < -0.4 is 0 Å². The van der Waals surface area contributed by atoms with E-state index >= 15 is 0 Å². The van der Waals surface area contributed by atoms with Gasteiger partial charge >= 0.3 is 0 Å². The Kier molecular flexibility index (Phi) is 3.41. The molecule has 7 heteroatoms. The van der Waals surface area contributed by atoms with E-state index in [-0.39, 0.29) is 17.9 Å². The maximum Gasteiger partial charge on any atom is 0.184 e. The van der Waals surface area contributed by atoms with Gasteiger partial charge in [-0.25, -0.2) is 13.8 Å². The van der Waals surface area contributed by atoms with Crippen molar-refractivity contribution in [1.29, 1.82) is 0 Å². The molecule has 3 rings (SSSR count). The lowest BCUT2D eigenvalue weighted by Gasteiger charge is -2.08. The fraction of sp³-hybridized carbons (Fsp3) is 0.286. The fourth-order valence-electron chi connectivity index (χ4n) is 2.36. The van der Waals surface area contributed by atoms with E-state index in [1.54, 1.807) is 18.4 Å². The molecule has 4 nitrogen and oxygen atoms in total. The molecule has 0 aliphatic rings. The van der Waals surface area contributed by atoms with Crippen LogP contribution in [0, 0.1) is 25.5 Å². The zero-order valence-corrected chi connectivity index (χ0v) is 12.2. The number of fused-ring (bicyclic) bond motifs is 1. The van der Waals surface area contributed by atoms with Crippen LogP contribution in [0.3, 0.4) is 0 Å². The van der Waals surface area contributed by atoms with Crippen molar-refractivity contribution in [2.24, 2.45) is 0 Å². The maximum absolute atomic E-state index is 14.1. The number of hydrogen-bond acceptors (Lipinski definition) is 3. The monoisotopic (exact) mass is 311 g/mol. The van der Waals surface area contributed by atoms with E-state index in [1.165, 1.54) is 6.07 Å². The third-order valence-electron chi connectivity index (χ3n) is 3.50. The first-order valence-corrected chi connectivity index (χ1v) is 6.87. The topological polar surface area (TPSA) is 43.9 Å². The summed E-state index contributed by atoms with van der Waals surface area (Å²) in [5, 5.41) is 3.86. The van der Waals surface area contributed by atoms with Crippen molar-refractivity contribution in [3.63, 3.8) is 0 Å². The van der Waals surface area contributed by atoms with Gasteiger partial charge in [0.25, 0.3) is 0 Å². The van der Waals surface area contributed by atoms with Crippen molar-refractivity contribution in [1.82, 2.24) is 14.7 Å². The number of halogens is 3. The number of rotatable bonds is 3. The van der Waals surface area contributed by atoms with Crippen LogP contribution in [0.5, 0.6) is 0 Å². The zero-order valence-electron chi connectivity index (χ0n) is 11.5. The first kappa shape index (κ1) is 14.0. The van der Waals surface area contributed by atoms with Crippen LogP contribution in [0.15, 0.2) is 16.7 Å². The summed E-state index contributed by atoms with van der Waals surface area (Å²) in [6.45, 7) is 3.84. The van der Waals surface area contributed by atoms with Gasteiger partial charge in [-0.2, -0.15) is 0 Å². The van der Waals surface area contributed by atoms with E-state index in [2.05, 4.69) is 10.1 Å². The zero-order chi connectivity index (χ0) is 15.1. The van der Waals surface area contributed by atoms with E-state index in [9.17, 15) is 8.78 Å². The number of aryl methyl sites for hydroxylation is 2. The second-order valence-electron chi connectivity index (χ2n) is 4.78. The Morgan fingerprint density at radius 2 is 2.05 bits per heavy atom. The summed E-state index contributed by atoms with van der Waals surface area (Å²) >= 11 is 5.88. The number of aromatic nitrogens is 3. The molecular weight excluding hydrogens is 300 g/mol. The Hall–Kier alpha value is -1.95. The molecule has 21 heavy (non-hydrogen) atoms. The molecule has 0 saturated heterocycles. The van der Waals surface area contributed by atoms with Crippen molar-refractivity contribution < 1.29 is 13.3 Å². The third-order valence-corrected chi connectivity index (χ3v) is 3.73. The summed E-state index contributed by atoms with van der Waals surface area (Å²) in [4.78, 5) is 4.25. The van der Waals surface area contributed by atoms with Gasteiger partial charge in [-0.15, -0.1) is 11.6 Å². The highest BCUT2D eigenvalue weighted by Crippen LogP contribution is 2.25. The molecule has 0 aliphatic carbocycles. The van der Waals surface area contributed by atoms with Crippen LogP contribution in [0.1, 0.15) is 22.8 Å². The van der Waals surface area contributed by atoms with Crippen molar-refractivity contribution >= 4 is 22.6 Å². The summed E-state index contributed by atoms with van der Waals surface area (Å²) in [5.41, 5.74) is 1.98. The standard InChI is InChI=1S/C14H12ClF2N3O/c1-7-9(8(2)21-19-7)6-20-12(5-15)18-11-4-3-10(16)13(17)14(11)20/h3-4H,5-6H2,1-2H3. The Bertz CT molecular complexity index is 806. The second-order valence-corrected chi connectivity index (χ2v) is 5.05. The number of nitrogens with zero attached hydrogens (tertiary/aromatic N) is 3. The van der Waals surface area contributed by atoms with Gasteiger partial charge in [0.1, 0.15) is 17.1 Å². The Balaban J connectivity index is 2.23. The largest absolute Gasteiger partial charge is 0.361 e. The molecule has 0 amide bonds. The van der Waals surface area contributed by atoms with Crippen molar-refractivity contribution in [3.8, 4) is 0 Å². The fourth-order valence-corrected chi connectivity index (χ4v) is 2.57.